The number of aromatic carboxylic acids is 1. The summed E-state index contributed by atoms with van der Waals surface area (Å²) in [6, 6.07) is 7.90. The first-order valence-electron chi connectivity index (χ1n) is 7.64. The Kier molecular flexibility index (Phi) is 3.97. The predicted molar refractivity (Wildman–Crippen MR) is 81.4 cm³/mol. The van der Waals surface area contributed by atoms with E-state index < -0.39 is 5.97 Å². The van der Waals surface area contributed by atoms with Gasteiger partial charge in [0.1, 0.15) is 5.58 Å². The fraction of sp³-hybridized carbons (Fsp3) is 0.471. The predicted octanol–water partition coefficient (Wildman–Crippen LogP) is 3.80. The summed E-state index contributed by atoms with van der Waals surface area (Å²) in [6.45, 7) is 2.73. The second-order valence-corrected chi connectivity index (χ2v) is 5.93. The second-order valence-electron chi connectivity index (χ2n) is 5.93. The summed E-state index contributed by atoms with van der Waals surface area (Å²) in [5.74, 6) is -0.240. The lowest BCUT2D eigenvalue weighted by molar-refractivity contribution is 0.0663. The van der Waals surface area contributed by atoms with Crippen LogP contribution < -0.4 is 5.32 Å². The molecule has 4 heteroatoms. The molecular formula is C17H21NO3. The fourth-order valence-corrected chi connectivity index (χ4v) is 3.33. The summed E-state index contributed by atoms with van der Waals surface area (Å²) in [6.07, 6.45) is 5.16. The van der Waals surface area contributed by atoms with Crippen molar-refractivity contribution in [3.8, 4) is 0 Å². The number of carboxylic acids is 1. The minimum atomic E-state index is -1.00. The van der Waals surface area contributed by atoms with Gasteiger partial charge in [-0.1, -0.05) is 31.0 Å². The van der Waals surface area contributed by atoms with Crippen molar-refractivity contribution in [3.63, 3.8) is 0 Å². The van der Waals surface area contributed by atoms with Crippen LogP contribution >= 0.6 is 0 Å². The van der Waals surface area contributed by atoms with Crippen LogP contribution in [0.4, 0.5) is 0 Å². The van der Waals surface area contributed by atoms with E-state index in [-0.39, 0.29) is 5.76 Å². The number of hydrogen-bond donors (Lipinski definition) is 2. The van der Waals surface area contributed by atoms with Crippen LogP contribution in [0.25, 0.3) is 11.0 Å². The topological polar surface area (TPSA) is 62.5 Å². The van der Waals surface area contributed by atoms with Crippen LogP contribution in [0.15, 0.2) is 28.7 Å². The van der Waals surface area contributed by atoms with E-state index in [2.05, 4.69) is 12.2 Å². The van der Waals surface area contributed by atoms with Crippen LogP contribution in [-0.2, 0) is 6.54 Å². The quantitative estimate of drug-likeness (QED) is 0.878. The lowest BCUT2D eigenvalue weighted by atomic mass is 9.99. The number of carboxylic acid groups (broad SMARTS) is 1. The van der Waals surface area contributed by atoms with Gasteiger partial charge < -0.3 is 14.8 Å². The molecule has 112 valence electrons. The van der Waals surface area contributed by atoms with Gasteiger partial charge >= 0.3 is 5.97 Å². The molecule has 3 rings (SSSR count). The number of hydrogen-bond acceptors (Lipinski definition) is 3. The summed E-state index contributed by atoms with van der Waals surface area (Å²) in [4.78, 5) is 11.4. The second kappa shape index (κ2) is 5.90. The van der Waals surface area contributed by atoms with Crippen molar-refractivity contribution in [1.82, 2.24) is 5.32 Å². The summed E-state index contributed by atoms with van der Waals surface area (Å²) in [5.41, 5.74) is 1.39. The molecule has 0 unspecified atom stereocenters. The first kappa shape index (κ1) is 14.1. The molecule has 0 saturated heterocycles. The van der Waals surface area contributed by atoms with Gasteiger partial charge in [-0.2, -0.15) is 0 Å². The zero-order chi connectivity index (χ0) is 14.8. The summed E-state index contributed by atoms with van der Waals surface area (Å²) in [5, 5.41) is 13.7. The molecule has 1 saturated carbocycles. The van der Waals surface area contributed by atoms with E-state index in [9.17, 15) is 9.90 Å². The molecule has 1 aliphatic rings. The molecule has 4 nitrogen and oxygen atoms in total. The van der Waals surface area contributed by atoms with Crippen LogP contribution in [-0.4, -0.2) is 17.1 Å². The first-order chi connectivity index (χ1) is 10.2. The monoisotopic (exact) mass is 287 g/mol. The molecule has 0 radical (unpaired) electrons. The van der Waals surface area contributed by atoms with Gasteiger partial charge in [0.15, 0.2) is 0 Å². The minimum Gasteiger partial charge on any atom is -0.475 e. The van der Waals surface area contributed by atoms with E-state index in [0.29, 0.717) is 24.1 Å². The van der Waals surface area contributed by atoms with Crippen LogP contribution in [0.5, 0.6) is 0 Å². The smallest absolute Gasteiger partial charge is 0.372 e. The standard InChI is InChI=1S/C17H21NO3/c1-11(12-6-2-3-7-12)18-10-14-13-8-4-5-9-15(13)21-16(14)17(19)20/h4-5,8-9,11-12,18H,2-3,6-7,10H2,1H3,(H,19,20)/t11-/m1/s1. The highest BCUT2D eigenvalue weighted by atomic mass is 16.4. The van der Waals surface area contributed by atoms with Gasteiger partial charge in [-0.05, 0) is 31.7 Å². The molecule has 1 aliphatic carbocycles. The van der Waals surface area contributed by atoms with E-state index in [0.717, 1.165) is 10.9 Å². The van der Waals surface area contributed by atoms with Gasteiger partial charge in [0.2, 0.25) is 5.76 Å². The fourth-order valence-electron chi connectivity index (χ4n) is 3.33. The molecule has 1 heterocycles. The molecule has 0 amide bonds. The Morgan fingerprint density at radius 2 is 2.10 bits per heavy atom. The average molecular weight is 287 g/mol. The van der Waals surface area contributed by atoms with Crippen molar-refractivity contribution < 1.29 is 14.3 Å². The molecule has 0 bridgehead atoms. The van der Waals surface area contributed by atoms with Crippen LogP contribution in [0.2, 0.25) is 0 Å². The van der Waals surface area contributed by atoms with Gasteiger partial charge in [0, 0.05) is 23.5 Å². The SMILES string of the molecule is C[C@@H](NCc1c(C(=O)O)oc2ccccc12)C1CCCC1. The van der Waals surface area contributed by atoms with Gasteiger partial charge in [0.05, 0.1) is 0 Å². The summed E-state index contributed by atoms with van der Waals surface area (Å²) in [7, 11) is 0. The normalized spacial score (nSPS) is 17.4. The molecule has 1 fully saturated rings. The third kappa shape index (κ3) is 2.81. The maximum atomic E-state index is 11.4. The highest BCUT2D eigenvalue weighted by molar-refractivity contribution is 5.95. The lowest BCUT2D eigenvalue weighted by Crippen LogP contribution is -2.32. The van der Waals surface area contributed by atoms with Crippen molar-refractivity contribution in [2.75, 3.05) is 0 Å². The van der Waals surface area contributed by atoms with E-state index >= 15 is 0 Å². The van der Waals surface area contributed by atoms with E-state index in [1.165, 1.54) is 25.7 Å². The van der Waals surface area contributed by atoms with Gasteiger partial charge in [0.25, 0.3) is 0 Å². The van der Waals surface area contributed by atoms with Gasteiger partial charge in [-0.25, -0.2) is 4.79 Å². The van der Waals surface area contributed by atoms with Crippen molar-refractivity contribution in [3.05, 3.63) is 35.6 Å². The Bertz CT molecular complexity index is 641. The minimum absolute atomic E-state index is 0.0577. The molecule has 21 heavy (non-hydrogen) atoms. The molecule has 1 atom stereocenters. The van der Waals surface area contributed by atoms with Crippen molar-refractivity contribution in [2.24, 2.45) is 5.92 Å². The highest BCUT2D eigenvalue weighted by Gasteiger charge is 2.23. The van der Waals surface area contributed by atoms with Crippen molar-refractivity contribution in [1.29, 1.82) is 0 Å². The summed E-state index contributed by atoms with van der Waals surface area (Å²) >= 11 is 0. The Morgan fingerprint density at radius 3 is 2.81 bits per heavy atom. The van der Waals surface area contributed by atoms with Gasteiger partial charge in [-0.3, -0.25) is 0 Å². The summed E-state index contributed by atoms with van der Waals surface area (Å²) < 4.78 is 5.48. The highest BCUT2D eigenvalue weighted by Crippen LogP contribution is 2.29. The van der Waals surface area contributed by atoms with Gasteiger partial charge in [-0.15, -0.1) is 0 Å². The van der Waals surface area contributed by atoms with E-state index in [4.69, 9.17) is 4.42 Å². The van der Waals surface area contributed by atoms with Crippen LogP contribution in [0, 0.1) is 5.92 Å². The molecule has 0 aliphatic heterocycles. The average Bonchev–Trinajstić information content (AvgIpc) is 3.12. The van der Waals surface area contributed by atoms with E-state index in [1.54, 1.807) is 0 Å². The molecular weight excluding hydrogens is 266 g/mol. The Hall–Kier alpha value is -1.81. The maximum Gasteiger partial charge on any atom is 0.372 e. The third-order valence-electron chi connectivity index (χ3n) is 4.60. The zero-order valence-electron chi connectivity index (χ0n) is 12.3. The number of benzene rings is 1. The molecule has 1 aromatic carbocycles. The van der Waals surface area contributed by atoms with Crippen LogP contribution in [0.1, 0.15) is 48.7 Å². The zero-order valence-corrected chi connectivity index (χ0v) is 12.3. The maximum absolute atomic E-state index is 11.4. The number of rotatable bonds is 5. The molecule has 0 spiro atoms. The number of nitrogens with one attached hydrogen (secondary N) is 1. The number of furan rings is 1. The third-order valence-corrected chi connectivity index (χ3v) is 4.60. The Labute approximate surface area is 124 Å². The lowest BCUT2D eigenvalue weighted by Gasteiger charge is -2.20. The van der Waals surface area contributed by atoms with Crippen LogP contribution in [0.3, 0.4) is 0 Å². The number of carbonyl (C=O) groups is 1. The Morgan fingerprint density at radius 1 is 1.38 bits per heavy atom. The number of para-hydroxylation sites is 1. The molecule has 2 aromatic rings. The van der Waals surface area contributed by atoms with Crippen molar-refractivity contribution in [2.45, 2.75) is 45.2 Å². The molecule has 2 N–H and O–H groups in total. The first-order valence-corrected chi connectivity index (χ1v) is 7.64. The Balaban J connectivity index is 1.81. The largest absolute Gasteiger partial charge is 0.475 e. The molecule has 1 aromatic heterocycles. The number of fused-ring (bicyclic) bond motifs is 1. The van der Waals surface area contributed by atoms with Crippen molar-refractivity contribution >= 4 is 16.9 Å². The van der Waals surface area contributed by atoms with E-state index in [1.807, 2.05) is 24.3 Å².